The van der Waals surface area contributed by atoms with Gasteiger partial charge in [-0.05, 0) is 47.0 Å². The maximum absolute atomic E-state index is 5.64. The van der Waals surface area contributed by atoms with Crippen LogP contribution in [0.5, 0.6) is 5.75 Å². The van der Waals surface area contributed by atoms with Crippen LogP contribution in [0.1, 0.15) is 16.1 Å². The maximum Gasteiger partial charge on any atom is 0.128 e. The van der Waals surface area contributed by atoms with E-state index in [4.69, 9.17) is 10.5 Å². The number of hydrogen-bond acceptors (Lipinski definition) is 4. The smallest absolute Gasteiger partial charge is 0.128 e. The Morgan fingerprint density at radius 2 is 2.11 bits per heavy atom. The third kappa shape index (κ3) is 2.43. The van der Waals surface area contributed by atoms with Gasteiger partial charge in [0, 0.05) is 12.1 Å². The zero-order chi connectivity index (χ0) is 13.3. The maximum atomic E-state index is 5.64. The Hall–Kier alpha value is -0.910. The van der Waals surface area contributed by atoms with Crippen LogP contribution in [0.3, 0.4) is 0 Å². The summed E-state index contributed by atoms with van der Waals surface area (Å²) in [4.78, 5) is 5.47. The third-order valence-corrected chi connectivity index (χ3v) is 4.63. The largest absolute Gasteiger partial charge is 0.496 e. The fourth-order valence-electron chi connectivity index (χ4n) is 1.97. The molecule has 18 heavy (non-hydrogen) atoms. The van der Waals surface area contributed by atoms with Gasteiger partial charge in [-0.3, -0.25) is 0 Å². The van der Waals surface area contributed by atoms with Crippen molar-refractivity contribution in [1.82, 2.24) is 4.98 Å². The van der Waals surface area contributed by atoms with Gasteiger partial charge >= 0.3 is 0 Å². The summed E-state index contributed by atoms with van der Waals surface area (Å²) in [5, 5.41) is 0.916. The lowest BCUT2D eigenvalue weighted by Gasteiger charge is -2.11. The van der Waals surface area contributed by atoms with E-state index >= 15 is 0 Å². The van der Waals surface area contributed by atoms with Crippen molar-refractivity contribution >= 4 is 27.3 Å². The molecule has 0 saturated heterocycles. The molecule has 0 saturated carbocycles. The molecule has 5 heteroatoms. The van der Waals surface area contributed by atoms with Gasteiger partial charge < -0.3 is 10.5 Å². The summed E-state index contributed by atoms with van der Waals surface area (Å²) in [6.45, 7) is 4.60. The standard InChI is InChI=1S/C13H15BrN2OS/c1-7-4-8(2)11(9(5-7)17-3)12-13(14)16-10(6-15)18-12/h4-5H,6,15H2,1-3H3. The topological polar surface area (TPSA) is 48.1 Å². The number of nitrogens with zero attached hydrogens (tertiary/aromatic N) is 1. The number of nitrogens with two attached hydrogens (primary N) is 1. The van der Waals surface area contributed by atoms with E-state index in [-0.39, 0.29) is 0 Å². The highest BCUT2D eigenvalue weighted by Crippen LogP contribution is 2.41. The van der Waals surface area contributed by atoms with Crippen LogP contribution in [-0.4, -0.2) is 12.1 Å². The zero-order valence-electron chi connectivity index (χ0n) is 10.6. The molecule has 1 aromatic heterocycles. The summed E-state index contributed by atoms with van der Waals surface area (Å²) >= 11 is 5.10. The first-order chi connectivity index (χ1) is 8.56. The average Bonchev–Trinajstić information content (AvgIpc) is 2.69. The van der Waals surface area contributed by atoms with Gasteiger partial charge in [0.15, 0.2) is 0 Å². The molecule has 1 heterocycles. The predicted octanol–water partition coefficient (Wildman–Crippen LogP) is 3.66. The van der Waals surface area contributed by atoms with Gasteiger partial charge in [0.2, 0.25) is 0 Å². The Balaban J connectivity index is 2.65. The second kappa shape index (κ2) is 5.38. The van der Waals surface area contributed by atoms with E-state index in [2.05, 4.69) is 40.8 Å². The molecule has 96 valence electrons. The van der Waals surface area contributed by atoms with Crippen molar-refractivity contribution in [1.29, 1.82) is 0 Å². The summed E-state index contributed by atoms with van der Waals surface area (Å²) in [7, 11) is 1.69. The van der Waals surface area contributed by atoms with Crippen molar-refractivity contribution < 1.29 is 4.74 Å². The molecule has 0 spiro atoms. The number of ether oxygens (including phenoxy) is 1. The van der Waals surface area contributed by atoms with Crippen LogP contribution in [0.2, 0.25) is 0 Å². The number of halogens is 1. The third-order valence-electron chi connectivity index (χ3n) is 2.70. The molecule has 2 N–H and O–H groups in total. The van der Waals surface area contributed by atoms with Crippen LogP contribution in [0.4, 0.5) is 0 Å². The van der Waals surface area contributed by atoms with Crippen molar-refractivity contribution in [3.63, 3.8) is 0 Å². The Morgan fingerprint density at radius 1 is 1.39 bits per heavy atom. The highest BCUT2D eigenvalue weighted by Gasteiger charge is 2.17. The molecule has 2 rings (SSSR count). The van der Waals surface area contributed by atoms with E-state index in [0.717, 1.165) is 25.8 Å². The summed E-state index contributed by atoms with van der Waals surface area (Å²) in [6, 6.07) is 4.18. The molecule has 0 aliphatic heterocycles. The lowest BCUT2D eigenvalue weighted by Crippen LogP contribution is -1.93. The number of aryl methyl sites for hydroxylation is 2. The number of aromatic nitrogens is 1. The number of rotatable bonds is 3. The van der Waals surface area contributed by atoms with Gasteiger partial charge in [0.25, 0.3) is 0 Å². The van der Waals surface area contributed by atoms with Gasteiger partial charge in [-0.15, -0.1) is 11.3 Å². The summed E-state index contributed by atoms with van der Waals surface area (Å²) in [5.74, 6) is 0.875. The van der Waals surface area contributed by atoms with Crippen LogP contribution >= 0.6 is 27.3 Å². The molecule has 0 amide bonds. The Bertz CT molecular complexity index is 581. The number of thiazole rings is 1. The molecule has 3 nitrogen and oxygen atoms in total. The summed E-state index contributed by atoms with van der Waals surface area (Å²) in [6.07, 6.45) is 0. The van der Waals surface area contributed by atoms with Crippen molar-refractivity contribution in [2.75, 3.05) is 7.11 Å². The van der Waals surface area contributed by atoms with Gasteiger partial charge in [0.1, 0.15) is 15.4 Å². The molecule has 2 aromatic rings. The molecule has 0 unspecified atom stereocenters. The van der Waals surface area contributed by atoms with Crippen LogP contribution in [0.25, 0.3) is 10.4 Å². The van der Waals surface area contributed by atoms with E-state index in [9.17, 15) is 0 Å². The Labute approximate surface area is 119 Å². The Morgan fingerprint density at radius 3 is 2.67 bits per heavy atom. The first-order valence-electron chi connectivity index (χ1n) is 5.57. The van der Waals surface area contributed by atoms with Crippen LogP contribution in [-0.2, 0) is 6.54 Å². The van der Waals surface area contributed by atoms with Gasteiger partial charge in [-0.25, -0.2) is 4.98 Å². The average molecular weight is 327 g/mol. The summed E-state index contributed by atoms with van der Waals surface area (Å²) < 4.78 is 6.32. The number of methoxy groups -OCH3 is 1. The lowest BCUT2D eigenvalue weighted by molar-refractivity contribution is 0.416. The fraction of sp³-hybridized carbons (Fsp3) is 0.308. The molecule has 0 aliphatic carbocycles. The molecule has 0 atom stereocenters. The van der Waals surface area contributed by atoms with E-state index in [1.165, 1.54) is 11.1 Å². The highest BCUT2D eigenvalue weighted by atomic mass is 79.9. The van der Waals surface area contributed by atoms with E-state index < -0.39 is 0 Å². The van der Waals surface area contributed by atoms with Crippen molar-refractivity contribution in [2.24, 2.45) is 5.73 Å². The van der Waals surface area contributed by atoms with Crippen molar-refractivity contribution in [3.05, 3.63) is 32.9 Å². The molecular weight excluding hydrogens is 312 g/mol. The van der Waals surface area contributed by atoms with Crippen LogP contribution < -0.4 is 10.5 Å². The quantitative estimate of drug-likeness (QED) is 0.936. The second-order valence-corrected chi connectivity index (χ2v) is 5.93. The summed E-state index contributed by atoms with van der Waals surface area (Å²) in [5.41, 5.74) is 9.10. The SMILES string of the molecule is COc1cc(C)cc(C)c1-c1sc(CN)nc1Br. The van der Waals surface area contributed by atoms with Crippen LogP contribution in [0.15, 0.2) is 16.7 Å². The normalized spacial score (nSPS) is 10.7. The van der Waals surface area contributed by atoms with Crippen molar-refractivity contribution in [2.45, 2.75) is 20.4 Å². The molecular formula is C13H15BrN2OS. The molecule has 1 aromatic carbocycles. The molecule has 0 radical (unpaired) electrons. The first-order valence-corrected chi connectivity index (χ1v) is 7.18. The van der Waals surface area contributed by atoms with Crippen LogP contribution in [0, 0.1) is 13.8 Å². The highest BCUT2D eigenvalue weighted by molar-refractivity contribution is 9.10. The first kappa shape index (κ1) is 13.5. The fourth-order valence-corrected chi connectivity index (χ4v) is 3.69. The second-order valence-electron chi connectivity index (χ2n) is 4.09. The predicted molar refractivity (Wildman–Crippen MR) is 79.2 cm³/mol. The van der Waals surface area contributed by atoms with E-state index in [0.29, 0.717) is 6.54 Å². The monoisotopic (exact) mass is 326 g/mol. The minimum absolute atomic E-state index is 0.455. The van der Waals surface area contributed by atoms with Gasteiger partial charge in [-0.1, -0.05) is 6.07 Å². The molecule has 0 bridgehead atoms. The van der Waals surface area contributed by atoms with E-state index in [1.807, 2.05) is 6.07 Å². The molecule has 0 aliphatic rings. The number of hydrogen-bond donors (Lipinski definition) is 1. The minimum Gasteiger partial charge on any atom is -0.496 e. The van der Waals surface area contributed by atoms with Gasteiger partial charge in [0.05, 0.1) is 12.0 Å². The Kier molecular flexibility index (Phi) is 4.04. The lowest BCUT2D eigenvalue weighted by atomic mass is 10.0. The van der Waals surface area contributed by atoms with Crippen molar-refractivity contribution in [3.8, 4) is 16.2 Å². The minimum atomic E-state index is 0.455. The number of benzene rings is 1. The zero-order valence-corrected chi connectivity index (χ0v) is 13.0. The van der Waals surface area contributed by atoms with E-state index in [1.54, 1.807) is 18.4 Å². The molecule has 0 fully saturated rings. The van der Waals surface area contributed by atoms with Gasteiger partial charge in [-0.2, -0.15) is 0 Å².